The summed E-state index contributed by atoms with van der Waals surface area (Å²) in [4.78, 5) is 0.294. The molecular weight excluding hydrogens is 394 g/mol. The van der Waals surface area contributed by atoms with Gasteiger partial charge in [-0.2, -0.15) is 5.10 Å². The van der Waals surface area contributed by atoms with Crippen LogP contribution in [0.5, 0.6) is 0 Å². The third-order valence-corrected chi connectivity index (χ3v) is 5.98. The van der Waals surface area contributed by atoms with E-state index < -0.39 is 9.84 Å². The Hall–Kier alpha value is -3.38. The molecule has 1 N–H and O–H groups in total. The van der Waals surface area contributed by atoms with Crippen molar-refractivity contribution in [1.29, 1.82) is 0 Å². The van der Waals surface area contributed by atoms with Crippen LogP contribution in [0.15, 0.2) is 96.0 Å². The van der Waals surface area contributed by atoms with Gasteiger partial charge in [0.25, 0.3) is 0 Å². The lowest BCUT2D eigenvalue weighted by molar-refractivity contribution is 0.602. The molecular formula is C24H23N3O2S. The Bertz CT molecular complexity index is 1230. The highest BCUT2D eigenvalue weighted by Crippen LogP contribution is 2.25. The number of aromatic nitrogens is 2. The quantitative estimate of drug-likeness (QED) is 0.477. The second kappa shape index (κ2) is 8.55. The van der Waals surface area contributed by atoms with Crippen molar-refractivity contribution in [3.63, 3.8) is 0 Å². The van der Waals surface area contributed by atoms with E-state index in [0.29, 0.717) is 23.7 Å². The molecule has 0 fully saturated rings. The highest BCUT2D eigenvalue weighted by Gasteiger charge is 2.15. The van der Waals surface area contributed by atoms with Crippen molar-refractivity contribution in [2.45, 2.75) is 18.0 Å². The molecule has 0 aliphatic heterocycles. The highest BCUT2D eigenvalue weighted by atomic mass is 32.2. The fraction of sp³-hybridized carbons (Fsp3) is 0.125. The molecule has 0 saturated heterocycles. The first kappa shape index (κ1) is 19.9. The molecule has 0 radical (unpaired) electrons. The van der Waals surface area contributed by atoms with E-state index in [1.165, 1.54) is 11.8 Å². The van der Waals surface area contributed by atoms with Crippen LogP contribution in [-0.2, 0) is 22.9 Å². The summed E-state index contributed by atoms with van der Waals surface area (Å²) in [5, 5.41) is 8.11. The van der Waals surface area contributed by atoms with Crippen LogP contribution in [0.3, 0.4) is 0 Å². The predicted molar refractivity (Wildman–Crippen MR) is 120 cm³/mol. The molecule has 3 aromatic carbocycles. The minimum atomic E-state index is -3.32. The van der Waals surface area contributed by atoms with Crippen molar-refractivity contribution in [3.8, 4) is 11.3 Å². The maximum atomic E-state index is 12.1. The summed E-state index contributed by atoms with van der Waals surface area (Å²) in [6, 6.07) is 27.2. The molecule has 30 heavy (non-hydrogen) atoms. The Morgan fingerprint density at radius 3 is 2.20 bits per heavy atom. The summed E-state index contributed by atoms with van der Waals surface area (Å²) in [5.74, 6) is 0. The Morgan fingerprint density at radius 1 is 0.867 bits per heavy atom. The topological polar surface area (TPSA) is 64.0 Å². The lowest BCUT2D eigenvalue weighted by atomic mass is 10.1. The zero-order chi connectivity index (χ0) is 21.0. The van der Waals surface area contributed by atoms with Crippen molar-refractivity contribution in [2.75, 3.05) is 11.6 Å². The smallest absolute Gasteiger partial charge is 0.177 e. The van der Waals surface area contributed by atoms with Gasteiger partial charge in [0.2, 0.25) is 0 Å². The number of sulfone groups is 1. The normalized spacial score (nSPS) is 11.4. The summed E-state index contributed by atoms with van der Waals surface area (Å²) < 4.78 is 26.1. The van der Waals surface area contributed by atoms with Crippen molar-refractivity contribution < 1.29 is 8.42 Å². The van der Waals surface area contributed by atoms with E-state index in [-0.39, 0.29) is 0 Å². The molecule has 0 aliphatic rings. The number of nitrogens with zero attached hydrogens (tertiary/aromatic N) is 2. The molecule has 4 aromatic rings. The monoisotopic (exact) mass is 417 g/mol. The fourth-order valence-electron chi connectivity index (χ4n) is 3.41. The number of benzene rings is 3. The Kier molecular flexibility index (Phi) is 5.68. The van der Waals surface area contributed by atoms with Crippen molar-refractivity contribution in [3.05, 3.63) is 102 Å². The van der Waals surface area contributed by atoms with Crippen molar-refractivity contribution in [2.24, 2.45) is 0 Å². The van der Waals surface area contributed by atoms with Gasteiger partial charge in [-0.05, 0) is 17.7 Å². The average Bonchev–Trinajstić information content (AvgIpc) is 3.16. The first-order valence-electron chi connectivity index (χ1n) is 9.69. The molecule has 1 heterocycles. The van der Waals surface area contributed by atoms with Crippen LogP contribution in [0.2, 0.25) is 0 Å². The lowest BCUT2D eigenvalue weighted by Crippen LogP contribution is -2.06. The van der Waals surface area contributed by atoms with E-state index in [2.05, 4.69) is 17.4 Å². The zero-order valence-corrected chi connectivity index (χ0v) is 17.5. The second-order valence-electron chi connectivity index (χ2n) is 7.17. The third kappa shape index (κ3) is 4.60. The first-order chi connectivity index (χ1) is 14.5. The summed E-state index contributed by atoms with van der Waals surface area (Å²) in [6.45, 7) is 1.13. The van der Waals surface area contributed by atoms with Gasteiger partial charge in [-0.15, -0.1) is 0 Å². The van der Waals surface area contributed by atoms with Crippen LogP contribution in [-0.4, -0.2) is 24.5 Å². The van der Waals surface area contributed by atoms with Gasteiger partial charge in [-0.25, -0.2) is 8.42 Å². The van der Waals surface area contributed by atoms with Gasteiger partial charge in [-0.3, -0.25) is 4.68 Å². The van der Waals surface area contributed by atoms with E-state index in [0.717, 1.165) is 16.8 Å². The van der Waals surface area contributed by atoms with Crippen LogP contribution in [0.4, 0.5) is 5.69 Å². The number of rotatable bonds is 7. The summed E-state index contributed by atoms with van der Waals surface area (Å²) >= 11 is 0. The number of hydrogen-bond acceptors (Lipinski definition) is 4. The third-order valence-electron chi connectivity index (χ3n) is 4.83. The minimum absolute atomic E-state index is 0.294. The average molecular weight is 418 g/mol. The molecule has 0 atom stereocenters. The van der Waals surface area contributed by atoms with Gasteiger partial charge in [-0.1, -0.05) is 72.8 Å². The maximum absolute atomic E-state index is 12.1. The van der Waals surface area contributed by atoms with Gasteiger partial charge < -0.3 is 5.32 Å². The summed E-state index contributed by atoms with van der Waals surface area (Å²) in [5.41, 5.74) is 4.67. The number of anilines is 1. The molecule has 6 heteroatoms. The maximum Gasteiger partial charge on any atom is 0.177 e. The van der Waals surface area contributed by atoms with Crippen LogP contribution < -0.4 is 5.32 Å². The Morgan fingerprint density at radius 2 is 1.50 bits per heavy atom. The van der Waals surface area contributed by atoms with Gasteiger partial charge in [0.05, 0.1) is 22.8 Å². The lowest BCUT2D eigenvalue weighted by Gasteiger charge is -2.10. The van der Waals surface area contributed by atoms with E-state index in [4.69, 9.17) is 5.10 Å². The van der Waals surface area contributed by atoms with Crippen LogP contribution in [0, 0.1) is 0 Å². The molecule has 5 nitrogen and oxygen atoms in total. The van der Waals surface area contributed by atoms with E-state index in [1.807, 2.05) is 65.5 Å². The van der Waals surface area contributed by atoms with Crippen molar-refractivity contribution in [1.82, 2.24) is 9.78 Å². The van der Waals surface area contributed by atoms with E-state index >= 15 is 0 Å². The second-order valence-corrected chi connectivity index (χ2v) is 9.16. The summed E-state index contributed by atoms with van der Waals surface area (Å²) in [6.07, 6.45) is 3.24. The molecule has 152 valence electrons. The molecule has 0 bridgehead atoms. The molecule has 0 amide bonds. The van der Waals surface area contributed by atoms with Crippen molar-refractivity contribution >= 4 is 15.5 Å². The molecule has 4 rings (SSSR count). The Balaban J connectivity index is 1.65. The largest absolute Gasteiger partial charge is 0.380 e. The van der Waals surface area contributed by atoms with Gasteiger partial charge in [0.1, 0.15) is 0 Å². The standard InChI is InChI=1S/C24H23N3O2S/c1-30(28,29)23-15-9-8-14-22(23)25-16-21-18-27(17-19-10-4-2-5-11-19)26-24(21)20-12-6-3-7-13-20/h2-15,18,25H,16-17H2,1H3. The van der Waals surface area contributed by atoms with E-state index in [1.54, 1.807) is 18.2 Å². The first-order valence-corrected chi connectivity index (χ1v) is 11.6. The summed E-state index contributed by atoms with van der Waals surface area (Å²) in [7, 11) is -3.32. The molecule has 1 aromatic heterocycles. The van der Waals surface area contributed by atoms with Crippen LogP contribution in [0.1, 0.15) is 11.1 Å². The van der Waals surface area contributed by atoms with Gasteiger partial charge in [0, 0.05) is 30.1 Å². The minimum Gasteiger partial charge on any atom is -0.380 e. The number of hydrogen-bond donors (Lipinski definition) is 1. The molecule has 0 unspecified atom stereocenters. The number of nitrogens with one attached hydrogen (secondary N) is 1. The van der Waals surface area contributed by atoms with Crippen LogP contribution in [0.25, 0.3) is 11.3 Å². The fourth-order valence-corrected chi connectivity index (χ4v) is 4.27. The van der Waals surface area contributed by atoms with Gasteiger partial charge in [0.15, 0.2) is 9.84 Å². The highest BCUT2D eigenvalue weighted by molar-refractivity contribution is 7.90. The number of para-hydroxylation sites is 1. The van der Waals surface area contributed by atoms with E-state index in [9.17, 15) is 8.42 Å². The molecule has 0 spiro atoms. The zero-order valence-electron chi connectivity index (χ0n) is 16.7. The SMILES string of the molecule is CS(=O)(=O)c1ccccc1NCc1cn(Cc2ccccc2)nc1-c1ccccc1. The van der Waals surface area contributed by atoms with Gasteiger partial charge >= 0.3 is 0 Å². The Labute approximate surface area is 176 Å². The molecule has 0 aliphatic carbocycles. The van der Waals surface area contributed by atoms with Crippen LogP contribution >= 0.6 is 0 Å². The predicted octanol–water partition coefficient (Wildman–Crippen LogP) is 4.61. The molecule has 0 saturated carbocycles.